The average molecular weight is 266 g/mol. The highest BCUT2D eigenvalue weighted by molar-refractivity contribution is 5.25. The minimum Gasteiger partial charge on any atom is -0.381 e. The molecule has 2 rings (SSSR count). The molecule has 0 spiro atoms. The first-order valence-corrected chi connectivity index (χ1v) is 7.14. The highest BCUT2D eigenvalue weighted by Crippen LogP contribution is 2.23. The van der Waals surface area contributed by atoms with Crippen molar-refractivity contribution in [3.05, 3.63) is 17.0 Å². The highest BCUT2D eigenvalue weighted by Gasteiger charge is 2.21. The van der Waals surface area contributed by atoms with Gasteiger partial charge in [-0.1, -0.05) is 0 Å². The molecule has 2 heterocycles. The lowest BCUT2D eigenvalue weighted by atomic mass is 9.90. The van der Waals surface area contributed by atoms with E-state index < -0.39 is 0 Å². The molecule has 1 unspecified atom stereocenters. The molecule has 0 bridgehead atoms. The normalized spacial score (nSPS) is 18.7. The van der Waals surface area contributed by atoms with E-state index in [-0.39, 0.29) is 0 Å². The molecule has 1 aromatic rings. The molecular formula is C14H26N4O. The zero-order valence-corrected chi connectivity index (χ0v) is 12.3. The number of ether oxygens (including phenoxy) is 1. The third-order valence-corrected chi connectivity index (χ3v) is 4.30. The minimum atomic E-state index is 0.324. The van der Waals surface area contributed by atoms with Gasteiger partial charge >= 0.3 is 0 Å². The SMILES string of the molecule is Cc1nn(C)c(C)c1CC(CC1CCOCC1)NN. The summed E-state index contributed by atoms with van der Waals surface area (Å²) in [6.07, 6.45) is 4.39. The third kappa shape index (κ3) is 3.55. The van der Waals surface area contributed by atoms with E-state index >= 15 is 0 Å². The Morgan fingerprint density at radius 3 is 2.63 bits per heavy atom. The zero-order valence-electron chi connectivity index (χ0n) is 12.3. The van der Waals surface area contributed by atoms with Crippen molar-refractivity contribution in [2.75, 3.05) is 13.2 Å². The van der Waals surface area contributed by atoms with Crippen molar-refractivity contribution >= 4 is 0 Å². The third-order valence-electron chi connectivity index (χ3n) is 4.30. The maximum absolute atomic E-state index is 5.74. The molecule has 5 nitrogen and oxygen atoms in total. The monoisotopic (exact) mass is 266 g/mol. The van der Waals surface area contributed by atoms with Crippen LogP contribution in [0.2, 0.25) is 0 Å². The van der Waals surface area contributed by atoms with Gasteiger partial charge in [-0.2, -0.15) is 5.10 Å². The quantitative estimate of drug-likeness (QED) is 0.621. The Bertz CT molecular complexity index is 410. The van der Waals surface area contributed by atoms with Crippen molar-refractivity contribution in [2.45, 2.75) is 45.6 Å². The van der Waals surface area contributed by atoms with Crippen LogP contribution in [0.5, 0.6) is 0 Å². The van der Waals surface area contributed by atoms with Gasteiger partial charge in [0.2, 0.25) is 0 Å². The van der Waals surface area contributed by atoms with Gasteiger partial charge in [-0.25, -0.2) is 0 Å². The Kier molecular flexibility index (Phi) is 4.96. The van der Waals surface area contributed by atoms with Gasteiger partial charge < -0.3 is 4.74 Å². The molecule has 1 aromatic heterocycles. The van der Waals surface area contributed by atoms with E-state index in [0.717, 1.165) is 50.5 Å². The molecule has 5 heteroatoms. The van der Waals surface area contributed by atoms with E-state index in [9.17, 15) is 0 Å². The maximum atomic E-state index is 5.74. The number of nitrogens with one attached hydrogen (secondary N) is 1. The van der Waals surface area contributed by atoms with E-state index in [0.29, 0.717) is 6.04 Å². The number of nitrogens with two attached hydrogens (primary N) is 1. The summed E-state index contributed by atoms with van der Waals surface area (Å²) in [4.78, 5) is 0. The topological polar surface area (TPSA) is 65.1 Å². The lowest BCUT2D eigenvalue weighted by molar-refractivity contribution is 0.0605. The minimum absolute atomic E-state index is 0.324. The maximum Gasteiger partial charge on any atom is 0.0628 e. The molecule has 0 radical (unpaired) electrons. The number of nitrogens with zero attached hydrogens (tertiary/aromatic N) is 2. The molecule has 19 heavy (non-hydrogen) atoms. The number of hydrogen-bond acceptors (Lipinski definition) is 4. The fraction of sp³-hybridized carbons (Fsp3) is 0.786. The van der Waals surface area contributed by atoms with Crippen molar-refractivity contribution < 1.29 is 4.74 Å². The number of hydrogen-bond donors (Lipinski definition) is 2. The van der Waals surface area contributed by atoms with Crippen LogP contribution in [-0.2, 0) is 18.2 Å². The van der Waals surface area contributed by atoms with Crippen LogP contribution in [-0.4, -0.2) is 29.0 Å². The van der Waals surface area contributed by atoms with E-state index in [1.54, 1.807) is 0 Å². The average Bonchev–Trinajstić information content (AvgIpc) is 2.65. The molecule has 0 aromatic carbocycles. The van der Waals surface area contributed by atoms with Crippen LogP contribution in [0.4, 0.5) is 0 Å². The second kappa shape index (κ2) is 6.50. The molecular weight excluding hydrogens is 240 g/mol. The largest absolute Gasteiger partial charge is 0.381 e. The number of rotatable bonds is 5. The van der Waals surface area contributed by atoms with E-state index in [1.165, 1.54) is 11.3 Å². The number of hydrazine groups is 1. The first-order valence-electron chi connectivity index (χ1n) is 7.14. The van der Waals surface area contributed by atoms with E-state index in [1.807, 2.05) is 11.7 Å². The van der Waals surface area contributed by atoms with Gasteiger partial charge in [-0.3, -0.25) is 16.0 Å². The van der Waals surface area contributed by atoms with Crippen LogP contribution >= 0.6 is 0 Å². The van der Waals surface area contributed by atoms with E-state index in [2.05, 4.69) is 24.4 Å². The number of aromatic nitrogens is 2. The van der Waals surface area contributed by atoms with Crippen molar-refractivity contribution in [1.82, 2.24) is 15.2 Å². The van der Waals surface area contributed by atoms with Crippen LogP contribution in [0.25, 0.3) is 0 Å². The fourth-order valence-electron chi connectivity index (χ4n) is 2.95. The van der Waals surface area contributed by atoms with Gasteiger partial charge in [0.15, 0.2) is 0 Å². The van der Waals surface area contributed by atoms with Crippen molar-refractivity contribution in [3.63, 3.8) is 0 Å². The van der Waals surface area contributed by atoms with Crippen LogP contribution in [0.15, 0.2) is 0 Å². The molecule has 0 saturated carbocycles. The first-order chi connectivity index (χ1) is 9.11. The Morgan fingerprint density at radius 2 is 2.11 bits per heavy atom. The molecule has 1 atom stereocenters. The summed E-state index contributed by atoms with van der Waals surface area (Å²) in [5.41, 5.74) is 6.67. The van der Waals surface area contributed by atoms with Crippen molar-refractivity contribution in [2.24, 2.45) is 18.8 Å². The lowest BCUT2D eigenvalue weighted by Crippen LogP contribution is -2.39. The molecule has 108 valence electrons. The molecule has 1 fully saturated rings. The molecule has 1 aliphatic heterocycles. The van der Waals surface area contributed by atoms with Gasteiger partial charge in [-0.05, 0) is 51.0 Å². The standard InChI is InChI=1S/C14H26N4O/c1-10-14(11(2)18(3)17-10)9-13(16-15)8-12-4-6-19-7-5-12/h12-13,16H,4-9,15H2,1-3H3. The Hall–Kier alpha value is -0.910. The summed E-state index contributed by atoms with van der Waals surface area (Å²) in [6.45, 7) is 5.99. The fourth-order valence-corrected chi connectivity index (χ4v) is 2.95. The van der Waals surface area contributed by atoms with Gasteiger partial charge in [0.05, 0.1) is 5.69 Å². The van der Waals surface area contributed by atoms with Crippen molar-refractivity contribution in [3.8, 4) is 0 Å². The summed E-state index contributed by atoms with van der Waals surface area (Å²) in [5, 5.41) is 4.47. The van der Waals surface area contributed by atoms with Crippen LogP contribution < -0.4 is 11.3 Å². The molecule has 0 aliphatic carbocycles. The summed E-state index contributed by atoms with van der Waals surface area (Å²) in [6, 6.07) is 0.324. The highest BCUT2D eigenvalue weighted by atomic mass is 16.5. The smallest absolute Gasteiger partial charge is 0.0628 e. The molecule has 1 saturated heterocycles. The van der Waals surface area contributed by atoms with Gasteiger partial charge in [0, 0.05) is 32.0 Å². The van der Waals surface area contributed by atoms with Crippen molar-refractivity contribution in [1.29, 1.82) is 0 Å². The summed E-state index contributed by atoms with van der Waals surface area (Å²) < 4.78 is 7.36. The lowest BCUT2D eigenvalue weighted by Gasteiger charge is -2.26. The van der Waals surface area contributed by atoms with Crippen LogP contribution in [0.1, 0.15) is 36.2 Å². The van der Waals surface area contributed by atoms with Gasteiger partial charge in [-0.15, -0.1) is 0 Å². The van der Waals surface area contributed by atoms with Crippen LogP contribution in [0.3, 0.4) is 0 Å². The number of aryl methyl sites for hydroxylation is 2. The summed E-state index contributed by atoms with van der Waals surface area (Å²) in [5.74, 6) is 6.47. The Morgan fingerprint density at radius 1 is 1.42 bits per heavy atom. The predicted octanol–water partition coefficient (Wildman–Crippen LogP) is 1.23. The Balaban J connectivity index is 1.98. The molecule has 1 aliphatic rings. The Labute approximate surface area is 115 Å². The first kappa shape index (κ1) is 14.5. The van der Waals surface area contributed by atoms with Gasteiger partial charge in [0.25, 0.3) is 0 Å². The summed E-state index contributed by atoms with van der Waals surface area (Å²) >= 11 is 0. The second-order valence-electron chi connectivity index (χ2n) is 5.63. The van der Waals surface area contributed by atoms with E-state index in [4.69, 9.17) is 10.6 Å². The molecule has 3 N–H and O–H groups in total. The summed E-state index contributed by atoms with van der Waals surface area (Å²) in [7, 11) is 2.00. The predicted molar refractivity (Wildman–Crippen MR) is 75.7 cm³/mol. The second-order valence-corrected chi connectivity index (χ2v) is 5.63. The zero-order chi connectivity index (χ0) is 13.8. The van der Waals surface area contributed by atoms with Crippen LogP contribution in [0, 0.1) is 19.8 Å². The van der Waals surface area contributed by atoms with Gasteiger partial charge in [0.1, 0.15) is 0 Å². The molecule has 0 amide bonds.